The van der Waals surface area contributed by atoms with Crippen LogP contribution < -0.4 is 0 Å². The fourth-order valence-corrected chi connectivity index (χ4v) is 6.04. The first-order valence-electron chi connectivity index (χ1n) is 12.0. The van der Waals surface area contributed by atoms with E-state index < -0.39 is 41.1 Å². The predicted molar refractivity (Wildman–Crippen MR) is 123 cm³/mol. The smallest absolute Gasteiger partial charge is 0.312 e. The van der Waals surface area contributed by atoms with Crippen LogP contribution in [0.3, 0.4) is 0 Å². The van der Waals surface area contributed by atoms with E-state index in [1.165, 1.54) is 4.90 Å². The molecule has 8 nitrogen and oxygen atoms in total. The maximum Gasteiger partial charge on any atom is 0.312 e. The molecule has 8 heteroatoms. The number of amides is 2. The zero-order chi connectivity index (χ0) is 24.6. The minimum absolute atomic E-state index is 0.120. The molecule has 3 fully saturated rings. The second kappa shape index (κ2) is 9.58. The van der Waals surface area contributed by atoms with Crippen molar-refractivity contribution in [1.29, 1.82) is 0 Å². The number of fused-ring (bicyclic) bond motifs is 1. The van der Waals surface area contributed by atoms with Crippen LogP contribution in [-0.4, -0.2) is 81.8 Å². The Labute approximate surface area is 196 Å². The van der Waals surface area contributed by atoms with Crippen molar-refractivity contribution in [1.82, 2.24) is 9.80 Å². The Morgan fingerprint density at radius 1 is 1.30 bits per heavy atom. The summed E-state index contributed by atoms with van der Waals surface area (Å²) in [6.07, 6.45) is 5.45. The van der Waals surface area contributed by atoms with E-state index in [-0.39, 0.29) is 31.1 Å². The van der Waals surface area contributed by atoms with E-state index >= 15 is 0 Å². The van der Waals surface area contributed by atoms with Crippen molar-refractivity contribution in [3.05, 3.63) is 25.3 Å². The van der Waals surface area contributed by atoms with Crippen molar-refractivity contribution in [2.24, 2.45) is 11.8 Å². The maximum absolute atomic E-state index is 14.0. The number of rotatable bonds is 11. The molecule has 2 unspecified atom stereocenters. The molecule has 2 amide bonds. The number of likely N-dealkylation sites (tertiary alicyclic amines) is 1. The normalized spacial score (nSPS) is 33.2. The molecule has 3 rings (SSSR count). The number of ether oxygens (including phenoxy) is 2. The van der Waals surface area contributed by atoms with Crippen molar-refractivity contribution in [2.75, 3.05) is 19.8 Å². The first-order chi connectivity index (χ1) is 15.7. The summed E-state index contributed by atoms with van der Waals surface area (Å²) < 4.78 is 12.2. The van der Waals surface area contributed by atoms with E-state index in [0.717, 1.165) is 0 Å². The molecule has 0 aromatic carbocycles. The summed E-state index contributed by atoms with van der Waals surface area (Å²) in [5, 5.41) is 9.93. The van der Waals surface area contributed by atoms with Crippen LogP contribution in [0.5, 0.6) is 0 Å². The molecule has 0 aromatic rings. The van der Waals surface area contributed by atoms with Crippen LogP contribution in [0.25, 0.3) is 0 Å². The SMILES string of the molecule is C=CCCOC(=O)[C@H]1[C@H]2C(=O)N([C@H](C)CO)C(C(=O)N(CC=C)C(C)C)C23CC[C@]1(CC)O3. The second-order valence-electron chi connectivity index (χ2n) is 9.73. The van der Waals surface area contributed by atoms with E-state index in [2.05, 4.69) is 13.2 Å². The van der Waals surface area contributed by atoms with Gasteiger partial charge in [-0.05, 0) is 46.5 Å². The van der Waals surface area contributed by atoms with Crippen LogP contribution >= 0.6 is 0 Å². The molecule has 2 bridgehead atoms. The average molecular weight is 463 g/mol. The minimum Gasteiger partial charge on any atom is -0.465 e. The first-order valence-corrected chi connectivity index (χ1v) is 12.0. The van der Waals surface area contributed by atoms with Crippen molar-refractivity contribution in [2.45, 2.75) is 82.7 Å². The highest BCUT2D eigenvalue weighted by Gasteiger charge is 2.79. The van der Waals surface area contributed by atoms with Gasteiger partial charge in [-0.3, -0.25) is 14.4 Å². The van der Waals surface area contributed by atoms with E-state index in [1.807, 2.05) is 20.8 Å². The summed E-state index contributed by atoms with van der Waals surface area (Å²) in [5.74, 6) is -2.63. The lowest BCUT2D eigenvalue weighted by molar-refractivity contribution is -0.163. The summed E-state index contributed by atoms with van der Waals surface area (Å²) in [7, 11) is 0. The Kier molecular flexibility index (Phi) is 7.39. The van der Waals surface area contributed by atoms with Crippen LogP contribution in [0.2, 0.25) is 0 Å². The summed E-state index contributed by atoms with van der Waals surface area (Å²) in [4.78, 5) is 44.2. The van der Waals surface area contributed by atoms with Crippen molar-refractivity contribution >= 4 is 17.8 Å². The van der Waals surface area contributed by atoms with Gasteiger partial charge in [-0.25, -0.2) is 0 Å². The molecule has 33 heavy (non-hydrogen) atoms. The van der Waals surface area contributed by atoms with E-state index in [1.54, 1.807) is 24.0 Å². The van der Waals surface area contributed by atoms with Crippen molar-refractivity contribution < 1.29 is 29.0 Å². The van der Waals surface area contributed by atoms with E-state index in [0.29, 0.717) is 32.2 Å². The quantitative estimate of drug-likeness (QED) is 0.287. The zero-order valence-electron chi connectivity index (χ0n) is 20.3. The van der Waals surface area contributed by atoms with Gasteiger partial charge in [0.15, 0.2) is 0 Å². The number of hydrogen-bond acceptors (Lipinski definition) is 6. The molecule has 184 valence electrons. The fraction of sp³-hybridized carbons (Fsp3) is 0.720. The lowest BCUT2D eigenvalue weighted by Gasteiger charge is -2.39. The van der Waals surface area contributed by atoms with Crippen molar-refractivity contribution in [3.8, 4) is 0 Å². The molecule has 0 radical (unpaired) electrons. The lowest BCUT2D eigenvalue weighted by Crippen LogP contribution is -2.59. The summed E-state index contributed by atoms with van der Waals surface area (Å²) in [6.45, 7) is 15.1. The molecule has 3 aliphatic rings. The molecule has 3 aliphatic heterocycles. The molecular formula is C25H38N2O6. The number of esters is 1. The van der Waals surface area contributed by atoms with Gasteiger partial charge in [0, 0.05) is 12.6 Å². The monoisotopic (exact) mass is 462 g/mol. The Morgan fingerprint density at radius 3 is 2.55 bits per heavy atom. The number of carbonyl (C=O) groups excluding carboxylic acids is 3. The largest absolute Gasteiger partial charge is 0.465 e. The van der Waals surface area contributed by atoms with Gasteiger partial charge in [-0.2, -0.15) is 0 Å². The Bertz CT molecular complexity index is 813. The number of aliphatic hydroxyl groups excluding tert-OH is 1. The molecule has 0 aromatic heterocycles. The number of hydrogen-bond donors (Lipinski definition) is 1. The molecular weight excluding hydrogens is 424 g/mol. The van der Waals surface area contributed by atoms with Crippen LogP contribution in [0.15, 0.2) is 25.3 Å². The molecule has 1 N–H and O–H groups in total. The van der Waals surface area contributed by atoms with Crippen LogP contribution in [0.1, 0.15) is 53.4 Å². The van der Waals surface area contributed by atoms with Gasteiger partial charge in [0.2, 0.25) is 11.8 Å². The highest BCUT2D eigenvalue weighted by molar-refractivity contribution is 5.98. The second-order valence-corrected chi connectivity index (χ2v) is 9.73. The maximum atomic E-state index is 14.0. The van der Waals surface area contributed by atoms with Gasteiger partial charge < -0.3 is 24.4 Å². The minimum atomic E-state index is -1.12. The first kappa shape index (κ1) is 25.4. The van der Waals surface area contributed by atoms with Crippen LogP contribution in [-0.2, 0) is 23.9 Å². The van der Waals surface area contributed by atoms with Gasteiger partial charge in [-0.1, -0.05) is 19.1 Å². The number of carbonyl (C=O) groups is 3. The van der Waals surface area contributed by atoms with Gasteiger partial charge >= 0.3 is 5.97 Å². The number of aliphatic hydroxyl groups is 1. The highest BCUT2D eigenvalue weighted by Crippen LogP contribution is 2.64. The standard InChI is InChI=1S/C25H38N2O6/c1-7-10-14-32-23(31)19-18-21(29)27(17(6)15-28)20(22(30)26(13-8-2)16(4)5)25(18)12-11-24(19,9-3)33-25/h7-8,16-20,28H,1-2,9-15H2,3-6H3/t17-,18+,19-,20?,24+,25?/m1/s1. The molecule has 0 aliphatic carbocycles. The molecule has 3 saturated heterocycles. The Morgan fingerprint density at radius 2 is 2.00 bits per heavy atom. The Hall–Kier alpha value is -2.19. The molecule has 6 atom stereocenters. The van der Waals surface area contributed by atoms with Crippen molar-refractivity contribution in [3.63, 3.8) is 0 Å². The Balaban J connectivity index is 2.09. The predicted octanol–water partition coefficient (Wildman–Crippen LogP) is 2.06. The molecule has 3 heterocycles. The zero-order valence-corrected chi connectivity index (χ0v) is 20.3. The topological polar surface area (TPSA) is 96.4 Å². The van der Waals surface area contributed by atoms with Crippen LogP contribution in [0.4, 0.5) is 0 Å². The summed E-state index contributed by atoms with van der Waals surface area (Å²) in [6, 6.07) is -1.63. The van der Waals surface area contributed by atoms with Gasteiger partial charge in [0.1, 0.15) is 17.6 Å². The van der Waals surface area contributed by atoms with Gasteiger partial charge in [-0.15, -0.1) is 13.2 Å². The number of nitrogens with zero attached hydrogens (tertiary/aromatic N) is 2. The van der Waals surface area contributed by atoms with E-state index in [4.69, 9.17) is 9.47 Å². The summed E-state index contributed by atoms with van der Waals surface area (Å²) in [5.41, 5.74) is -1.95. The summed E-state index contributed by atoms with van der Waals surface area (Å²) >= 11 is 0. The third kappa shape index (κ3) is 3.81. The van der Waals surface area contributed by atoms with Gasteiger partial charge in [0.25, 0.3) is 0 Å². The lowest BCUT2D eigenvalue weighted by atomic mass is 9.65. The van der Waals surface area contributed by atoms with E-state index in [9.17, 15) is 19.5 Å². The fourth-order valence-electron chi connectivity index (χ4n) is 6.04. The third-order valence-electron chi connectivity index (χ3n) is 7.64. The molecule has 1 spiro atoms. The highest BCUT2D eigenvalue weighted by atomic mass is 16.6. The molecule has 0 saturated carbocycles. The van der Waals surface area contributed by atoms with Gasteiger partial charge in [0.05, 0.1) is 30.8 Å². The third-order valence-corrected chi connectivity index (χ3v) is 7.64. The van der Waals surface area contributed by atoms with Crippen LogP contribution in [0, 0.1) is 11.8 Å². The average Bonchev–Trinajstić information content (AvgIpc) is 3.40.